The fourth-order valence-electron chi connectivity index (χ4n) is 1.80. The van der Waals surface area contributed by atoms with E-state index in [4.69, 9.17) is 5.73 Å². The van der Waals surface area contributed by atoms with Gasteiger partial charge in [-0.05, 0) is 12.3 Å². The fraction of sp³-hybridized carbons (Fsp3) is 1.00. The van der Waals surface area contributed by atoms with Gasteiger partial charge in [-0.2, -0.15) is 23.5 Å². The Morgan fingerprint density at radius 1 is 1.31 bits per heavy atom. The predicted molar refractivity (Wildman–Crippen MR) is 65.6 cm³/mol. The van der Waals surface area contributed by atoms with Gasteiger partial charge in [0.05, 0.1) is 0 Å². The van der Waals surface area contributed by atoms with Crippen molar-refractivity contribution >= 4 is 23.5 Å². The zero-order valence-corrected chi connectivity index (χ0v) is 10.5. The van der Waals surface area contributed by atoms with E-state index in [0.717, 1.165) is 11.2 Å². The lowest BCUT2D eigenvalue weighted by Crippen LogP contribution is -2.41. The first-order valence-electron chi connectivity index (χ1n) is 5.10. The number of thioether (sulfide) groups is 2. The van der Waals surface area contributed by atoms with Crippen LogP contribution in [-0.2, 0) is 0 Å². The third-order valence-corrected chi connectivity index (χ3v) is 5.67. The predicted octanol–water partition coefficient (Wildman–Crippen LogP) is 2.60. The summed E-state index contributed by atoms with van der Waals surface area (Å²) in [6.07, 6.45) is 1.17. The van der Waals surface area contributed by atoms with E-state index in [-0.39, 0.29) is 0 Å². The van der Waals surface area contributed by atoms with E-state index in [1.165, 1.54) is 17.9 Å². The summed E-state index contributed by atoms with van der Waals surface area (Å²) in [5.41, 5.74) is 6.21. The zero-order chi connectivity index (χ0) is 9.84. The van der Waals surface area contributed by atoms with Gasteiger partial charge in [0, 0.05) is 28.0 Å². The molecule has 0 radical (unpaired) electrons. The molecule has 1 fully saturated rings. The van der Waals surface area contributed by atoms with Gasteiger partial charge in [-0.3, -0.25) is 0 Å². The molecule has 0 spiro atoms. The van der Waals surface area contributed by atoms with Crippen LogP contribution < -0.4 is 5.73 Å². The summed E-state index contributed by atoms with van der Waals surface area (Å²) in [6, 6.07) is 0.396. The first-order chi connectivity index (χ1) is 6.11. The van der Waals surface area contributed by atoms with Crippen LogP contribution in [0.25, 0.3) is 0 Å². The van der Waals surface area contributed by atoms with E-state index in [2.05, 4.69) is 44.3 Å². The molecular formula is C10H21NS2. The van der Waals surface area contributed by atoms with Crippen LogP contribution in [0.3, 0.4) is 0 Å². The van der Waals surface area contributed by atoms with E-state index >= 15 is 0 Å². The Hall–Kier alpha value is 0.660. The summed E-state index contributed by atoms with van der Waals surface area (Å²) < 4.78 is 0. The lowest BCUT2D eigenvalue weighted by molar-refractivity contribution is 0.480. The molecule has 78 valence electrons. The molecule has 3 unspecified atom stereocenters. The largest absolute Gasteiger partial charge is 0.327 e. The number of hydrogen-bond donors (Lipinski definition) is 1. The molecule has 0 aromatic carbocycles. The van der Waals surface area contributed by atoms with Crippen molar-refractivity contribution in [1.29, 1.82) is 0 Å². The third-order valence-electron chi connectivity index (χ3n) is 2.40. The van der Waals surface area contributed by atoms with Gasteiger partial charge < -0.3 is 5.73 Å². The molecule has 0 saturated carbocycles. The zero-order valence-electron chi connectivity index (χ0n) is 8.82. The quantitative estimate of drug-likeness (QED) is 0.790. The molecule has 0 aromatic rings. The van der Waals surface area contributed by atoms with Crippen molar-refractivity contribution in [3.63, 3.8) is 0 Å². The number of rotatable bonds is 3. The Bertz CT molecular complexity index is 150. The molecule has 1 nitrogen and oxygen atoms in total. The first kappa shape index (κ1) is 11.7. The monoisotopic (exact) mass is 219 g/mol. The van der Waals surface area contributed by atoms with Gasteiger partial charge in [0.1, 0.15) is 0 Å². The standard InChI is InChI=1S/C10H21NS2/c1-7(2)6-9(11)10-8(3)12-4-5-13-10/h7-10H,4-6,11H2,1-3H3. The second-order valence-corrected chi connectivity index (χ2v) is 6.98. The van der Waals surface area contributed by atoms with E-state index in [1.54, 1.807) is 0 Å². The van der Waals surface area contributed by atoms with Crippen LogP contribution in [0, 0.1) is 5.92 Å². The van der Waals surface area contributed by atoms with Crippen LogP contribution in [0.5, 0.6) is 0 Å². The summed E-state index contributed by atoms with van der Waals surface area (Å²) in [7, 11) is 0. The van der Waals surface area contributed by atoms with Gasteiger partial charge in [0.25, 0.3) is 0 Å². The van der Waals surface area contributed by atoms with Crippen LogP contribution in [0.4, 0.5) is 0 Å². The molecule has 0 amide bonds. The second kappa shape index (κ2) is 5.52. The molecule has 1 heterocycles. The van der Waals surface area contributed by atoms with Crippen LogP contribution >= 0.6 is 23.5 Å². The van der Waals surface area contributed by atoms with E-state index in [0.29, 0.717) is 11.3 Å². The maximum Gasteiger partial charge on any atom is 0.0315 e. The Balaban J connectivity index is 2.39. The normalized spacial score (nSPS) is 32.1. The third kappa shape index (κ3) is 3.72. The summed E-state index contributed by atoms with van der Waals surface area (Å²) in [5.74, 6) is 3.32. The maximum absolute atomic E-state index is 6.21. The lowest BCUT2D eigenvalue weighted by atomic mass is 10.0. The van der Waals surface area contributed by atoms with Gasteiger partial charge in [0.15, 0.2) is 0 Å². The minimum absolute atomic E-state index is 0.396. The molecule has 3 atom stereocenters. The number of nitrogens with two attached hydrogens (primary N) is 1. The van der Waals surface area contributed by atoms with Crippen molar-refractivity contribution in [1.82, 2.24) is 0 Å². The molecule has 0 aliphatic carbocycles. The lowest BCUT2D eigenvalue weighted by Gasteiger charge is -2.33. The first-order valence-corrected chi connectivity index (χ1v) is 7.19. The minimum Gasteiger partial charge on any atom is -0.327 e. The van der Waals surface area contributed by atoms with Gasteiger partial charge in [-0.25, -0.2) is 0 Å². The summed E-state index contributed by atoms with van der Waals surface area (Å²) >= 11 is 4.16. The summed E-state index contributed by atoms with van der Waals surface area (Å²) in [5, 5.41) is 1.42. The molecule has 0 bridgehead atoms. The smallest absolute Gasteiger partial charge is 0.0315 e. The highest BCUT2D eigenvalue weighted by atomic mass is 32.2. The summed E-state index contributed by atoms with van der Waals surface area (Å²) in [6.45, 7) is 6.83. The van der Waals surface area contributed by atoms with Gasteiger partial charge >= 0.3 is 0 Å². The minimum atomic E-state index is 0.396. The van der Waals surface area contributed by atoms with Gasteiger partial charge in [-0.15, -0.1) is 0 Å². The van der Waals surface area contributed by atoms with Crippen LogP contribution in [0.2, 0.25) is 0 Å². The fourth-order valence-corrected chi connectivity index (χ4v) is 4.70. The van der Waals surface area contributed by atoms with E-state index < -0.39 is 0 Å². The van der Waals surface area contributed by atoms with Crippen molar-refractivity contribution in [3.8, 4) is 0 Å². The Kier molecular flexibility index (Phi) is 4.98. The second-order valence-electron chi connectivity index (χ2n) is 4.20. The molecular weight excluding hydrogens is 198 g/mol. The topological polar surface area (TPSA) is 26.0 Å². The molecule has 1 aliphatic heterocycles. The molecule has 2 N–H and O–H groups in total. The van der Waals surface area contributed by atoms with Gasteiger partial charge in [-0.1, -0.05) is 20.8 Å². The maximum atomic E-state index is 6.21. The molecule has 13 heavy (non-hydrogen) atoms. The van der Waals surface area contributed by atoms with Crippen LogP contribution in [0.1, 0.15) is 27.2 Å². The molecule has 1 rings (SSSR count). The molecule has 0 aromatic heterocycles. The van der Waals surface area contributed by atoms with Gasteiger partial charge in [0.2, 0.25) is 0 Å². The van der Waals surface area contributed by atoms with Crippen LogP contribution in [-0.4, -0.2) is 28.0 Å². The molecule has 3 heteroatoms. The van der Waals surface area contributed by atoms with Crippen molar-refractivity contribution in [2.75, 3.05) is 11.5 Å². The molecule has 1 saturated heterocycles. The average Bonchev–Trinajstić information content (AvgIpc) is 2.03. The highest BCUT2D eigenvalue weighted by Gasteiger charge is 2.28. The van der Waals surface area contributed by atoms with Crippen molar-refractivity contribution in [2.45, 2.75) is 43.7 Å². The SMILES string of the molecule is CC(C)CC(N)C1SCCSC1C. The van der Waals surface area contributed by atoms with Crippen molar-refractivity contribution < 1.29 is 0 Å². The van der Waals surface area contributed by atoms with E-state index in [1.807, 2.05) is 0 Å². The highest BCUT2D eigenvalue weighted by Crippen LogP contribution is 2.33. The Morgan fingerprint density at radius 2 is 1.92 bits per heavy atom. The van der Waals surface area contributed by atoms with E-state index in [9.17, 15) is 0 Å². The average molecular weight is 219 g/mol. The van der Waals surface area contributed by atoms with Crippen LogP contribution in [0.15, 0.2) is 0 Å². The molecule has 1 aliphatic rings. The highest BCUT2D eigenvalue weighted by molar-refractivity contribution is 8.07. The van der Waals surface area contributed by atoms with Crippen molar-refractivity contribution in [3.05, 3.63) is 0 Å². The van der Waals surface area contributed by atoms with Crippen molar-refractivity contribution in [2.24, 2.45) is 11.7 Å². The Morgan fingerprint density at radius 3 is 2.46 bits per heavy atom. The summed E-state index contributed by atoms with van der Waals surface area (Å²) in [4.78, 5) is 0. The Labute approximate surface area is 90.6 Å². The number of hydrogen-bond acceptors (Lipinski definition) is 3.